The second kappa shape index (κ2) is 5.45. The molecule has 4 N–H and O–H groups in total. The third kappa shape index (κ3) is 3.46. The summed E-state index contributed by atoms with van der Waals surface area (Å²) in [6, 6.07) is 0. The van der Waals surface area contributed by atoms with Crippen LogP contribution in [0.15, 0.2) is 0 Å². The Bertz CT molecular complexity index is 117. The van der Waals surface area contributed by atoms with E-state index < -0.39 is 0 Å². The minimum absolute atomic E-state index is 0.381. The van der Waals surface area contributed by atoms with Crippen LogP contribution in [0.4, 0.5) is 0 Å². The lowest BCUT2D eigenvalue weighted by Crippen LogP contribution is -2.44. The quantitative estimate of drug-likeness (QED) is 0.345. The molecule has 1 aliphatic rings. The molecule has 0 saturated carbocycles. The number of ether oxygens (including phenoxy) is 1. The van der Waals surface area contributed by atoms with Crippen LogP contribution in [-0.2, 0) is 4.74 Å². The van der Waals surface area contributed by atoms with E-state index in [-0.39, 0.29) is 6.10 Å². The summed E-state index contributed by atoms with van der Waals surface area (Å²) < 4.78 is 5.18. The summed E-state index contributed by atoms with van der Waals surface area (Å²) in [6.07, 6.45) is -0.381. The normalized spacial score (nSPS) is 22.5. The van der Waals surface area contributed by atoms with Gasteiger partial charge in [0.05, 0.1) is 19.3 Å². The molecule has 0 aromatic heterocycles. The van der Waals surface area contributed by atoms with Gasteiger partial charge in [0.15, 0.2) is 0 Å². The molecule has 0 bridgehead atoms. The molecule has 72 valence electrons. The average molecular weight is 175 g/mol. The van der Waals surface area contributed by atoms with Crippen molar-refractivity contribution in [1.29, 1.82) is 0 Å². The molecule has 0 radical (unpaired) electrons. The molecule has 0 amide bonds. The first kappa shape index (κ1) is 9.88. The van der Waals surface area contributed by atoms with Crippen LogP contribution in [0, 0.1) is 0 Å². The zero-order valence-electron chi connectivity index (χ0n) is 7.20. The first-order valence-electron chi connectivity index (χ1n) is 4.24. The molecule has 0 aromatic rings. The van der Waals surface area contributed by atoms with Gasteiger partial charge in [-0.05, 0) is 0 Å². The van der Waals surface area contributed by atoms with Gasteiger partial charge in [-0.1, -0.05) is 0 Å². The summed E-state index contributed by atoms with van der Waals surface area (Å²) >= 11 is 0. The summed E-state index contributed by atoms with van der Waals surface area (Å²) in [5, 5.41) is 9.38. The Hall–Kier alpha value is -0.200. The lowest BCUT2D eigenvalue weighted by atomic mass is 10.3. The zero-order chi connectivity index (χ0) is 8.81. The average Bonchev–Trinajstić information content (AvgIpc) is 2.06. The van der Waals surface area contributed by atoms with E-state index >= 15 is 0 Å². The van der Waals surface area contributed by atoms with Gasteiger partial charge >= 0.3 is 0 Å². The topological polar surface area (TPSA) is 70.8 Å². The second-order valence-electron chi connectivity index (χ2n) is 2.98. The maximum absolute atomic E-state index is 9.38. The van der Waals surface area contributed by atoms with Crippen molar-refractivity contribution in [3.8, 4) is 0 Å². The third-order valence-corrected chi connectivity index (χ3v) is 1.93. The molecule has 1 saturated heterocycles. The second-order valence-corrected chi connectivity index (χ2v) is 2.98. The predicted molar refractivity (Wildman–Crippen MR) is 45.5 cm³/mol. The van der Waals surface area contributed by atoms with Crippen molar-refractivity contribution in [1.82, 2.24) is 10.3 Å². The number of nitrogens with one attached hydrogen (secondary N) is 1. The number of hydrogen-bond acceptors (Lipinski definition) is 5. The van der Waals surface area contributed by atoms with Gasteiger partial charge < -0.3 is 9.84 Å². The van der Waals surface area contributed by atoms with Crippen LogP contribution in [0.1, 0.15) is 0 Å². The van der Waals surface area contributed by atoms with Crippen molar-refractivity contribution in [3.63, 3.8) is 0 Å². The fraction of sp³-hybridized carbons (Fsp3) is 1.00. The molecule has 1 atom stereocenters. The van der Waals surface area contributed by atoms with E-state index in [1.165, 1.54) is 0 Å². The van der Waals surface area contributed by atoms with Crippen LogP contribution < -0.4 is 11.3 Å². The molecule has 0 aromatic carbocycles. The van der Waals surface area contributed by atoms with Crippen LogP contribution in [0.25, 0.3) is 0 Å². The molecule has 12 heavy (non-hydrogen) atoms. The summed E-state index contributed by atoms with van der Waals surface area (Å²) in [5.41, 5.74) is 2.45. The number of β-amino-alcohol motifs (C(OH)–C–C–N with tert-alkyl or cyclic N) is 1. The van der Waals surface area contributed by atoms with Gasteiger partial charge in [-0.3, -0.25) is 16.2 Å². The molecule has 5 heteroatoms. The van der Waals surface area contributed by atoms with E-state index in [1.54, 1.807) is 0 Å². The Kier molecular flexibility index (Phi) is 4.49. The largest absolute Gasteiger partial charge is 0.390 e. The first-order chi connectivity index (χ1) is 5.83. The molecule has 0 spiro atoms. The lowest BCUT2D eigenvalue weighted by Gasteiger charge is -2.28. The molecular formula is C7H17N3O2. The van der Waals surface area contributed by atoms with E-state index in [0.717, 1.165) is 26.3 Å². The molecule has 1 fully saturated rings. The van der Waals surface area contributed by atoms with Gasteiger partial charge in [0.1, 0.15) is 0 Å². The summed E-state index contributed by atoms with van der Waals surface area (Å²) in [7, 11) is 0. The molecule has 1 heterocycles. The number of hydrazine groups is 1. The van der Waals surface area contributed by atoms with Crippen LogP contribution in [0.2, 0.25) is 0 Å². The van der Waals surface area contributed by atoms with Gasteiger partial charge in [0.25, 0.3) is 0 Å². The maximum Gasteiger partial charge on any atom is 0.0805 e. The minimum Gasteiger partial charge on any atom is -0.390 e. The SMILES string of the molecule is NNC[C@@H](O)CN1CCOCC1. The standard InChI is InChI=1S/C7H17N3O2/c8-9-5-7(11)6-10-1-3-12-4-2-10/h7,9,11H,1-6,8H2/t7-/m1/s1. The van der Waals surface area contributed by atoms with Gasteiger partial charge in [-0.25, -0.2) is 0 Å². The molecule has 0 unspecified atom stereocenters. The van der Waals surface area contributed by atoms with Gasteiger partial charge in [0, 0.05) is 26.2 Å². The highest BCUT2D eigenvalue weighted by Crippen LogP contribution is 1.97. The van der Waals surface area contributed by atoms with Gasteiger partial charge in [-0.2, -0.15) is 0 Å². The molecule has 0 aliphatic carbocycles. The Morgan fingerprint density at radius 3 is 2.75 bits per heavy atom. The monoisotopic (exact) mass is 175 g/mol. The van der Waals surface area contributed by atoms with Crippen molar-refractivity contribution in [2.24, 2.45) is 5.84 Å². The van der Waals surface area contributed by atoms with E-state index in [4.69, 9.17) is 10.6 Å². The number of rotatable bonds is 4. The Morgan fingerprint density at radius 2 is 2.17 bits per heavy atom. The lowest BCUT2D eigenvalue weighted by molar-refractivity contribution is 0.0150. The molecule has 1 aliphatic heterocycles. The van der Waals surface area contributed by atoms with Crippen LogP contribution in [-0.4, -0.2) is 55.5 Å². The fourth-order valence-corrected chi connectivity index (χ4v) is 1.28. The summed E-state index contributed by atoms with van der Waals surface area (Å²) in [5.74, 6) is 5.08. The number of hydrogen-bond donors (Lipinski definition) is 3. The molecule has 1 rings (SSSR count). The predicted octanol–water partition coefficient (Wildman–Crippen LogP) is -1.86. The summed E-state index contributed by atoms with van der Waals surface area (Å²) in [4.78, 5) is 2.17. The third-order valence-electron chi connectivity index (χ3n) is 1.93. The summed E-state index contributed by atoms with van der Waals surface area (Å²) in [6.45, 7) is 4.46. The van der Waals surface area contributed by atoms with Crippen molar-refractivity contribution < 1.29 is 9.84 Å². The van der Waals surface area contributed by atoms with Gasteiger partial charge in [-0.15, -0.1) is 0 Å². The highest BCUT2D eigenvalue weighted by atomic mass is 16.5. The van der Waals surface area contributed by atoms with Crippen molar-refractivity contribution in [2.75, 3.05) is 39.4 Å². The highest BCUT2D eigenvalue weighted by molar-refractivity contribution is 4.67. The van der Waals surface area contributed by atoms with Crippen molar-refractivity contribution in [3.05, 3.63) is 0 Å². The Labute approximate surface area is 72.5 Å². The highest BCUT2D eigenvalue weighted by Gasteiger charge is 2.13. The Balaban J connectivity index is 2.11. The minimum atomic E-state index is -0.381. The van der Waals surface area contributed by atoms with E-state index in [2.05, 4.69) is 10.3 Å². The van der Waals surface area contributed by atoms with E-state index in [0.29, 0.717) is 13.1 Å². The molecular weight excluding hydrogens is 158 g/mol. The maximum atomic E-state index is 9.38. The van der Waals surface area contributed by atoms with Crippen molar-refractivity contribution >= 4 is 0 Å². The number of aliphatic hydroxyl groups is 1. The van der Waals surface area contributed by atoms with Gasteiger partial charge in [0.2, 0.25) is 0 Å². The van der Waals surface area contributed by atoms with Crippen LogP contribution >= 0.6 is 0 Å². The van der Waals surface area contributed by atoms with E-state index in [1.807, 2.05) is 0 Å². The number of nitrogens with zero attached hydrogens (tertiary/aromatic N) is 1. The van der Waals surface area contributed by atoms with Crippen LogP contribution in [0.3, 0.4) is 0 Å². The van der Waals surface area contributed by atoms with Crippen molar-refractivity contribution in [2.45, 2.75) is 6.10 Å². The smallest absolute Gasteiger partial charge is 0.0805 e. The molecule has 5 nitrogen and oxygen atoms in total. The number of aliphatic hydroxyl groups excluding tert-OH is 1. The first-order valence-corrected chi connectivity index (χ1v) is 4.24. The Morgan fingerprint density at radius 1 is 1.50 bits per heavy atom. The van der Waals surface area contributed by atoms with E-state index in [9.17, 15) is 5.11 Å². The fourth-order valence-electron chi connectivity index (χ4n) is 1.28. The number of nitrogens with two attached hydrogens (primary N) is 1. The van der Waals surface area contributed by atoms with Crippen LogP contribution in [0.5, 0.6) is 0 Å². The number of morpholine rings is 1. The zero-order valence-corrected chi connectivity index (χ0v) is 7.20.